The number of rotatable bonds is 6. The molecule has 1 saturated carbocycles. The van der Waals surface area contributed by atoms with Gasteiger partial charge in [-0.05, 0) is 31.2 Å². The van der Waals surface area contributed by atoms with Crippen molar-refractivity contribution < 1.29 is 4.79 Å². The molecule has 3 nitrogen and oxygen atoms in total. The molecule has 0 aromatic heterocycles. The highest BCUT2D eigenvalue weighted by Crippen LogP contribution is 2.27. The van der Waals surface area contributed by atoms with Crippen molar-refractivity contribution in [2.45, 2.75) is 25.8 Å². The van der Waals surface area contributed by atoms with Crippen molar-refractivity contribution in [3.63, 3.8) is 0 Å². The van der Waals surface area contributed by atoms with E-state index in [4.69, 9.17) is 0 Å². The summed E-state index contributed by atoms with van der Waals surface area (Å²) in [5.74, 6) is 0.838. The van der Waals surface area contributed by atoms with Gasteiger partial charge in [-0.2, -0.15) is 0 Å². The Hall–Kier alpha value is -1.35. The zero-order valence-corrected chi connectivity index (χ0v) is 10.3. The lowest BCUT2D eigenvalue weighted by Gasteiger charge is -2.13. The van der Waals surface area contributed by atoms with Crippen molar-refractivity contribution in [3.8, 4) is 0 Å². The van der Waals surface area contributed by atoms with E-state index in [-0.39, 0.29) is 11.9 Å². The molecule has 17 heavy (non-hydrogen) atoms. The molecule has 0 heterocycles. The van der Waals surface area contributed by atoms with Gasteiger partial charge in [0.05, 0.1) is 6.54 Å². The lowest BCUT2D eigenvalue weighted by atomic mass is 10.1. The fourth-order valence-electron chi connectivity index (χ4n) is 1.75. The highest BCUT2D eigenvalue weighted by Gasteiger charge is 2.21. The number of benzene rings is 1. The van der Waals surface area contributed by atoms with Gasteiger partial charge in [0.1, 0.15) is 0 Å². The van der Waals surface area contributed by atoms with E-state index in [0.29, 0.717) is 6.54 Å². The minimum Gasteiger partial charge on any atom is -0.355 e. The lowest BCUT2D eigenvalue weighted by Crippen LogP contribution is -2.35. The fraction of sp³-hybridized carbons (Fsp3) is 0.500. The molecular weight excluding hydrogens is 212 g/mol. The molecule has 1 aliphatic carbocycles. The SMILES string of the molecule is C[C@H](NCC(=O)NCC1CC1)c1ccccc1. The molecule has 92 valence electrons. The summed E-state index contributed by atoms with van der Waals surface area (Å²) in [7, 11) is 0. The van der Waals surface area contributed by atoms with E-state index in [2.05, 4.69) is 29.7 Å². The summed E-state index contributed by atoms with van der Waals surface area (Å²) >= 11 is 0. The molecule has 3 heteroatoms. The molecule has 1 fully saturated rings. The predicted molar refractivity (Wildman–Crippen MR) is 68.6 cm³/mol. The van der Waals surface area contributed by atoms with Gasteiger partial charge in [-0.3, -0.25) is 4.79 Å². The van der Waals surface area contributed by atoms with E-state index in [9.17, 15) is 4.79 Å². The first-order valence-electron chi connectivity index (χ1n) is 6.30. The van der Waals surface area contributed by atoms with Gasteiger partial charge in [-0.25, -0.2) is 0 Å². The van der Waals surface area contributed by atoms with Crippen LogP contribution in [0, 0.1) is 5.92 Å². The van der Waals surface area contributed by atoms with E-state index in [0.717, 1.165) is 12.5 Å². The molecule has 1 aromatic rings. The highest BCUT2D eigenvalue weighted by molar-refractivity contribution is 5.78. The Morgan fingerprint density at radius 3 is 2.71 bits per heavy atom. The normalized spacial score (nSPS) is 16.5. The first-order valence-corrected chi connectivity index (χ1v) is 6.30. The molecular formula is C14H20N2O. The molecule has 1 amide bonds. The topological polar surface area (TPSA) is 41.1 Å². The second-order valence-electron chi connectivity index (χ2n) is 4.76. The molecule has 0 aliphatic heterocycles. The van der Waals surface area contributed by atoms with Gasteiger partial charge in [0, 0.05) is 12.6 Å². The minimum atomic E-state index is 0.0969. The van der Waals surface area contributed by atoms with Gasteiger partial charge in [0.2, 0.25) is 5.91 Å². The summed E-state index contributed by atoms with van der Waals surface area (Å²) in [6, 6.07) is 10.4. The molecule has 2 rings (SSSR count). The second kappa shape index (κ2) is 5.82. The highest BCUT2D eigenvalue weighted by atomic mass is 16.1. The molecule has 0 bridgehead atoms. The molecule has 0 radical (unpaired) electrons. The number of carbonyl (C=O) groups excluding carboxylic acids is 1. The second-order valence-corrected chi connectivity index (χ2v) is 4.76. The number of carbonyl (C=O) groups is 1. The number of nitrogens with one attached hydrogen (secondary N) is 2. The summed E-state index contributed by atoms with van der Waals surface area (Å²) < 4.78 is 0. The summed E-state index contributed by atoms with van der Waals surface area (Å²) in [5, 5.41) is 6.18. The Labute approximate surface area is 103 Å². The van der Waals surface area contributed by atoms with Crippen LogP contribution >= 0.6 is 0 Å². The van der Waals surface area contributed by atoms with E-state index < -0.39 is 0 Å². The first kappa shape index (κ1) is 12.1. The Bertz CT molecular complexity index is 360. The molecule has 0 saturated heterocycles. The maximum Gasteiger partial charge on any atom is 0.233 e. The van der Waals surface area contributed by atoms with E-state index in [1.165, 1.54) is 18.4 Å². The van der Waals surface area contributed by atoms with Crippen LogP contribution in [0.3, 0.4) is 0 Å². The van der Waals surface area contributed by atoms with Gasteiger partial charge in [0.15, 0.2) is 0 Å². The quantitative estimate of drug-likeness (QED) is 0.786. The maximum absolute atomic E-state index is 11.5. The predicted octanol–water partition coefficient (Wildman–Crippen LogP) is 1.86. The fourth-order valence-corrected chi connectivity index (χ4v) is 1.75. The third-order valence-electron chi connectivity index (χ3n) is 3.15. The van der Waals surface area contributed by atoms with Gasteiger partial charge in [-0.1, -0.05) is 30.3 Å². The van der Waals surface area contributed by atoms with Crippen molar-refractivity contribution in [1.82, 2.24) is 10.6 Å². The van der Waals surface area contributed by atoms with Crippen LogP contribution in [0.25, 0.3) is 0 Å². The number of hydrogen-bond acceptors (Lipinski definition) is 2. The van der Waals surface area contributed by atoms with Crippen LogP contribution in [0.1, 0.15) is 31.4 Å². The zero-order chi connectivity index (χ0) is 12.1. The maximum atomic E-state index is 11.5. The average Bonchev–Trinajstić information content (AvgIpc) is 3.18. The molecule has 1 atom stereocenters. The molecule has 0 unspecified atom stereocenters. The van der Waals surface area contributed by atoms with Crippen molar-refractivity contribution >= 4 is 5.91 Å². The summed E-state index contributed by atoms with van der Waals surface area (Å²) in [6.45, 7) is 3.31. The van der Waals surface area contributed by atoms with Crippen LogP contribution in [0.15, 0.2) is 30.3 Å². The number of hydrogen-bond donors (Lipinski definition) is 2. The van der Waals surface area contributed by atoms with Gasteiger partial charge >= 0.3 is 0 Å². The smallest absolute Gasteiger partial charge is 0.233 e. The van der Waals surface area contributed by atoms with Gasteiger partial charge in [-0.15, -0.1) is 0 Å². The van der Waals surface area contributed by atoms with Crippen molar-refractivity contribution in [2.24, 2.45) is 5.92 Å². The largest absolute Gasteiger partial charge is 0.355 e. The molecule has 2 N–H and O–H groups in total. The lowest BCUT2D eigenvalue weighted by molar-refractivity contribution is -0.120. The summed E-state index contributed by atoms with van der Waals surface area (Å²) in [4.78, 5) is 11.5. The van der Waals surface area contributed by atoms with Crippen LogP contribution in [0.5, 0.6) is 0 Å². The molecule has 0 spiro atoms. The van der Waals surface area contributed by atoms with Crippen LogP contribution in [-0.2, 0) is 4.79 Å². The Balaban J connectivity index is 1.68. The molecule has 1 aliphatic rings. The average molecular weight is 232 g/mol. The third kappa shape index (κ3) is 4.19. The van der Waals surface area contributed by atoms with Crippen molar-refractivity contribution in [1.29, 1.82) is 0 Å². The Kier molecular flexibility index (Phi) is 4.15. The van der Waals surface area contributed by atoms with Crippen molar-refractivity contribution in [2.75, 3.05) is 13.1 Å². The standard InChI is InChI=1S/C14H20N2O/c1-11(13-5-3-2-4-6-13)15-10-14(17)16-9-12-7-8-12/h2-6,11-12,15H,7-10H2,1H3,(H,16,17)/t11-/m0/s1. The first-order chi connectivity index (χ1) is 8.25. The zero-order valence-electron chi connectivity index (χ0n) is 10.3. The van der Waals surface area contributed by atoms with Gasteiger partial charge in [0.25, 0.3) is 0 Å². The van der Waals surface area contributed by atoms with E-state index in [1.54, 1.807) is 0 Å². The molecule has 1 aromatic carbocycles. The van der Waals surface area contributed by atoms with Crippen molar-refractivity contribution in [3.05, 3.63) is 35.9 Å². The van der Waals surface area contributed by atoms with Gasteiger partial charge < -0.3 is 10.6 Å². The van der Waals surface area contributed by atoms with Crippen LogP contribution in [-0.4, -0.2) is 19.0 Å². The third-order valence-corrected chi connectivity index (χ3v) is 3.15. The van der Waals surface area contributed by atoms with E-state index >= 15 is 0 Å². The van der Waals surface area contributed by atoms with Crippen LogP contribution in [0.2, 0.25) is 0 Å². The monoisotopic (exact) mass is 232 g/mol. The van der Waals surface area contributed by atoms with Crippen LogP contribution < -0.4 is 10.6 Å². The Morgan fingerprint density at radius 2 is 2.06 bits per heavy atom. The Morgan fingerprint density at radius 1 is 1.35 bits per heavy atom. The minimum absolute atomic E-state index is 0.0969. The summed E-state index contributed by atoms with van der Waals surface area (Å²) in [5.41, 5.74) is 1.21. The van der Waals surface area contributed by atoms with Crippen LogP contribution in [0.4, 0.5) is 0 Å². The number of amides is 1. The van der Waals surface area contributed by atoms with E-state index in [1.807, 2.05) is 18.2 Å². The summed E-state index contributed by atoms with van der Waals surface area (Å²) in [6.07, 6.45) is 2.54.